The first-order valence-corrected chi connectivity index (χ1v) is 8.57. The van der Waals surface area contributed by atoms with Crippen molar-refractivity contribution in [1.82, 2.24) is 0 Å². The first kappa shape index (κ1) is 19.2. The SMILES string of the molecule is C#Cc1ccc(N=Nc2ccc(N(C)CCOC(=O)CCC)cc2)cc1. The van der Waals surface area contributed by atoms with Gasteiger partial charge in [0.1, 0.15) is 6.61 Å². The summed E-state index contributed by atoms with van der Waals surface area (Å²) in [7, 11) is 1.96. The van der Waals surface area contributed by atoms with Crippen LogP contribution in [0.15, 0.2) is 58.8 Å². The van der Waals surface area contributed by atoms with Crippen molar-refractivity contribution in [3.8, 4) is 12.3 Å². The van der Waals surface area contributed by atoms with E-state index >= 15 is 0 Å². The van der Waals surface area contributed by atoms with Gasteiger partial charge in [-0.2, -0.15) is 10.2 Å². The van der Waals surface area contributed by atoms with Gasteiger partial charge in [-0.25, -0.2) is 0 Å². The lowest BCUT2D eigenvalue weighted by Crippen LogP contribution is -2.23. The van der Waals surface area contributed by atoms with Crippen molar-refractivity contribution in [2.75, 3.05) is 25.1 Å². The summed E-state index contributed by atoms with van der Waals surface area (Å²) in [5.74, 6) is 2.42. The zero-order valence-corrected chi connectivity index (χ0v) is 15.2. The minimum atomic E-state index is -0.146. The molecule has 0 amide bonds. The summed E-state index contributed by atoms with van der Waals surface area (Å²) < 4.78 is 5.18. The molecule has 0 saturated heterocycles. The Hall–Kier alpha value is -3.13. The molecular weight excluding hydrogens is 326 g/mol. The number of benzene rings is 2. The highest BCUT2D eigenvalue weighted by molar-refractivity contribution is 5.69. The van der Waals surface area contributed by atoms with E-state index in [1.165, 1.54) is 0 Å². The van der Waals surface area contributed by atoms with Crippen LogP contribution in [-0.2, 0) is 9.53 Å². The third-order valence-corrected chi connectivity index (χ3v) is 3.75. The Morgan fingerprint density at radius 2 is 1.65 bits per heavy atom. The molecule has 5 heteroatoms. The first-order valence-electron chi connectivity index (χ1n) is 8.57. The van der Waals surface area contributed by atoms with E-state index in [1.54, 1.807) is 0 Å². The van der Waals surface area contributed by atoms with Gasteiger partial charge in [-0.15, -0.1) is 6.42 Å². The molecule has 0 N–H and O–H groups in total. The van der Waals surface area contributed by atoms with Crippen molar-refractivity contribution in [1.29, 1.82) is 0 Å². The zero-order chi connectivity index (χ0) is 18.8. The van der Waals surface area contributed by atoms with Crippen LogP contribution in [-0.4, -0.2) is 26.2 Å². The minimum Gasteiger partial charge on any atom is -0.464 e. The van der Waals surface area contributed by atoms with E-state index in [9.17, 15) is 4.79 Å². The molecule has 5 nitrogen and oxygen atoms in total. The van der Waals surface area contributed by atoms with Crippen LogP contribution in [0, 0.1) is 12.3 Å². The van der Waals surface area contributed by atoms with E-state index in [2.05, 4.69) is 16.1 Å². The van der Waals surface area contributed by atoms with Gasteiger partial charge in [-0.05, 0) is 55.0 Å². The number of ether oxygens (including phenoxy) is 1. The topological polar surface area (TPSA) is 54.3 Å². The fourth-order valence-electron chi connectivity index (χ4n) is 2.22. The summed E-state index contributed by atoms with van der Waals surface area (Å²) in [6.07, 6.45) is 6.60. The van der Waals surface area contributed by atoms with Gasteiger partial charge in [-0.1, -0.05) is 12.8 Å². The summed E-state index contributed by atoms with van der Waals surface area (Å²) in [6, 6.07) is 15.1. The predicted molar refractivity (Wildman–Crippen MR) is 104 cm³/mol. The Kier molecular flexibility index (Phi) is 7.38. The van der Waals surface area contributed by atoms with Crippen LogP contribution in [0.3, 0.4) is 0 Å². The van der Waals surface area contributed by atoms with Crippen molar-refractivity contribution in [2.24, 2.45) is 10.2 Å². The second-order valence-electron chi connectivity index (χ2n) is 5.80. The van der Waals surface area contributed by atoms with Crippen molar-refractivity contribution >= 4 is 23.0 Å². The molecule has 0 radical (unpaired) electrons. The summed E-state index contributed by atoms with van der Waals surface area (Å²) >= 11 is 0. The fourth-order valence-corrected chi connectivity index (χ4v) is 2.22. The van der Waals surface area contributed by atoms with Gasteiger partial charge < -0.3 is 9.64 Å². The standard InChI is InChI=1S/C21H23N3O2/c1-4-6-21(25)26-16-15-24(3)20-13-11-19(12-14-20)23-22-18-9-7-17(5-2)8-10-18/h2,7-14H,4,6,15-16H2,1,3H3. The van der Waals surface area contributed by atoms with Crippen LogP contribution in [0.1, 0.15) is 25.3 Å². The Morgan fingerprint density at radius 1 is 1.08 bits per heavy atom. The van der Waals surface area contributed by atoms with E-state index in [-0.39, 0.29) is 5.97 Å². The average Bonchev–Trinajstić information content (AvgIpc) is 2.67. The lowest BCUT2D eigenvalue weighted by molar-refractivity contribution is -0.143. The lowest BCUT2D eigenvalue weighted by atomic mass is 10.2. The lowest BCUT2D eigenvalue weighted by Gasteiger charge is -2.19. The molecule has 0 aliphatic heterocycles. The number of carbonyl (C=O) groups excluding carboxylic acids is 1. The molecule has 2 aromatic carbocycles. The van der Waals surface area contributed by atoms with E-state index in [1.807, 2.05) is 67.4 Å². The van der Waals surface area contributed by atoms with Gasteiger partial charge in [0, 0.05) is 24.7 Å². The summed E-state index contributed by atoms with van der Waals surface area (Å²) in [5.41, 5.74) is 3.35. The normalized spacial score (nSPS) is 10.5. The van der Waals surface area contributed by atoms with Crippen LogP contribution >= 0.6 is 0 Å². The van der Waals surface area contributed by atoms with Gasteiger partial charge >= 0.3 is 5.97 Å². The number of likely N-dealkylation sites (N-methyl/N-ethyl adjacent to an activating group) is 1. The molecule has 2 aromatic rings. The monoisotopic (exact) mass is 349 g/mol. The molecule has 2 rings (SSSR count). The highest BCUT2D eigenvalue weighted by Crippen LogP contribution is 2.22. The number of azo groups is 1. The molecule has 134 valence electrons. The van der Waals surface area contributed by atoms with Gasteiger partial charge in [0.15, 0.2) is 0 Å². The molecule has 0 atom stereocenters. The maximum absolute atomic E-state index is 11.4. The molecule has 26 heavy (non-hydrogen) atoms. The molecule has 0 spiro atoms. The van der Waals surface area contributed by atoms with E-state index in [0.717, 1.165) is 29.0 Å². The van der Waals surface area contributed by atoms with Gasteiger partial charge in [-0.3, -0.25) is 4.79 Å². The highest BCUT2D eigenvalue weighted by Gasteiger charge is 2.04. The van der Waals surface area contributed by atoms with Gasteiger partial charge in [0.25, 0.3) is 0 Å². The number of rotatable bonds is 8. The maximum atomic E-state index is 11.4. The Bertz CT molecular complexity index is 774. The Labute approximate surface area is 154 Å². The van der Waals surface area contributed by atoms with E-state index in [4.69, 9.17) is 11.2 Å². The smallest absolute Gasteiger partial charge is 0.305 e. The van der Waals surface area contributed by atoms with Gasteiger partial charge in [0.2, 0.25) is 0 Å². The van der Waals surface area contributed by atoms with Crippen molar-refractivity contribution < 1.29 is 9.53 Å². The summed E-state index contributed by atoms with van der Waals surface area (Å²) in [5, 5.41) is 8.42. The Morgan fingerprint density at radius 3 is 2.19 bits per heavy atom. The number of carbonyl (C=O) groups is 1. The quantitative estimate of drug-likeness (QED) is 0.388. The van der Waals surface area contributed by atoms with Crippen LogP contribution in [0.4, 0.5) is 17.1 Å². The highest BCUT2D eigenvalue weighted by atomic mass is 16.5. The molecule has 0 unspecified atom stereocenters. The molecule has 0 bridgehead atoms. The van der Waals surface area contributed by atoms with E-state index in [0.29, 0.717) is 19.6 Å². The maximum Gasteiger partial charge on any atom is 0.305 e. The number of anilines is 1. The third kappa shape index (κ3) is 6.06. The minimum absolute atomic E-state index is 0.146. The van der Waals surface area contributed by atoms with Crippen LogP contribution in [0.2, 0.25) is 0 Å². The largest absolute Gasteiger partial charge is 0.464 e. The molecule has 0 heterocycles. The second-order valence-corrected chi connectivity index (χ2v) is 5.80. The van der Waals surface area contributed by atoms with Crippen LogP contribution < -0.4 is 4.90 Å². The first-order chi connectivity index (χ1) is 12.6. The van der Waals surface area contributed by atoms with Crippen LogP contribution in [0.25, 0.3) is 0 Å². The Balaban J connectivity index is 1.87. The number of terminal acetylenes is 1. The molecule has 0 fully saturated rings. The second kappa shape index (κ2) is 10.00. The van der Waals surface area contributed by atoms with Crippen molar-refractivity contribution in [2.45, 2.75) is 19.8 Å². The number of esters is 1. The van der Waals surface area contributed by atoms with Crippen molar-refractivity contribution in [3.63, 3.8) is 0 Å². The summed E-state index contributed by atoms with van der Waals surface area (Å²) in [4.78, 5) is 13.4. The number of hydrogen-bond donors (Lipinski definition) is 0. The molecule has 0 aromatic heterocycles. The molecule has 0 aliphatic carbocycles. The van der Waals surface area contributed by atoms with Crippen LogP contribution in [0.5, 0.6) is 0 Å². The number of nitrogens with zero attached hydrogens (tertiary/aromatic N) is 3. The molecule has 0 aliphatic rings. The third-order valence-electron chi connectivity index (χ3n) is 3.75. The number of hydrogen-bond acceptors (Lipinski definition) is 5. The fraction of sp³-hybridized carbons (Fsp3) is 0.286. The average molecular weight is 349 g/mol. The zero-order valence-electron chi connectivity index (χ0n) is 15.2. The van der Waals surface area contributed by atoms with E-state index < -0.39 is 0 Å². The summed E-state index contributed by atoms with van der Waals surface area (Å²) in [6.45, 7) is 2.97. The predicted octanol–water partition coefficient (Wildman–Crippen LogP) is 4.86. The van der Waals surface area contributed by atoms with Gasteiger partial charge in [0.05, 0.1) is 17.9 Å². The molecular formula is C21H23N3O2. The van der Waals surface area contributed by atoms with Crippen molar-refractivity contribution in [3.05, 3.63) is 54.1 Å². The molecule has 0 saturated carbocycles.